The van der Waals surface area contributed by atoms with E-state index in [4.69, 9.17) is 4.74 Å². The molecule has 0 unspecified atom stereocenters. The van der Waals surface area contributed by atoms with Gasteiger partial charge in [-0.1, -0.05) is 0 Å². The quantitative estimate of drug-likeness (QED) is 0.587. The number of ether oxygens (including phenoxy) is 1. The molecule has 0 aliphatic rings. The second kappa shape index (κ2) is 3.65. The largest absolute Gasteiger partial charge is 0.456 e. The van der Waals surface area contributed by atoms with E-state index < -0.39 is 0 Å². The SMILES string of the molecule is Cc1cnc(OCC=O)nc1. The zero-order valence-electron chi connectivity index (χ0n) is 6.15. The number of aromatic nitrogens is 2. The molecule has 0 N–H and O–H groups in total. The van der Waals surface area contributed by atoms with Gasteiger partial charge in [0.05, 0.1) is 0 Å². The summed E-state index contributed by atoms with van der Waals surface area (Å²) in [6.07, 6.45) is 3.92. The lowest BCUT2D eigenvalue weighted by Gasteiger charge is -1.97. The van der Waals surface area contributed by atoms with Gasteiger partial charge in [-0.25, -0.2) is 9.97 Å². The molecular formula is C7H8N2O2. The third-order valence-electron chi connectivity index (χ3n) is 1.04. The molecule has 0 saturated heterocycles. The molecule has 0 atom stereocenters. The molecule has 0 radical (unpaired) electrons. The van der Waals surface area contributed by atoms with E-state index in [-0.39, 0.29) is 12.6 Å². The van der Waals surface area contributed by atoms with Crippen LogP contribution < -0.4 is 4.74 Å². The summed E-state index contributed by atoms with van der Waals surface area (Å²) in [6, 6.07) is 0.239. The van der Waals surface area contributed by atoms with E-state index in [0.717, 1.165) is 5.56 Å². The Hall–Kier alpha value is -1.45. The van der Waals surface area contributed by atoms with Crippen LogP contribution in [-0.2, 0) is 4.79 Å². The maximum atomic E-state index is 9.86. The number of hydrogen-bond donors (Lipinski definition) is 0. The predicted molar refractivity (Wildman–Crippen MR) is 38.3 cm³/mol. The Morgan fingerprint density at radius 3 is 2.73 bits per heavy atom. The van der Waals surface area contributed by atoms with Crippen molar-refractivity contribution in [3.63, 3.8) is 0 Å². The van der Waals surface area contributed by atoms with Crippen molar-refractivity contribution < 1.29 is 9.53 Å². The summed E-state index contributed by atoms with van der Waals surface area (Å²) in [7, 11) is 0. The maximum absolute atomic E-state index is 9.86. The molecule has 0 aromatic carbocycles. The van der Waals surface area contributed by atoms with Crippen molar-refractivity contribution in [1.82, 2.24) is 9.97 Å². The number of hydrogen-bond acceptors (Lipinski definition) is 4. The topological polar surface area (TPSA) is 52.1 Å². The van der Waals surface area contributed by atoms with Crippen LogP contribution in [0.2, 0.25) is 0 Å². The fourth-order valence-electron chi connectivity index (χ4n) is 0.564. The van der Waals surface area contributed by atoms with Crippen LogP contribution in [-0.4, -0.2) is 22.9 Å². The Morgan fingerprint density at radius 1 is 1.55 bits per heavy atom. The summed E-state index contributed by atoms with van der Waals surface area (Å²) in [5, 5.41) is 0. The first kappa shape index (κ1) is 7.65. The zero-order valence-corrected chi connectivity index (χ0v) is 6.15. The van der Waals surface area contributed by atoms with E-state index in [9.17, 15) is 4.79 Å². The minimum atomic E-state index is 0.00304. The van der Waals surface area contributed by atoms with Crippen LogP contribution in [0.25, 0.3) is 0 Å². The van der Waals surface area contributed by atoms with Gasteiger partial charge < -0.3 is 4.74 Å². The minimum Gasteiger partial charge on any atom is -0.456 e. The van der Waals surface area contributed by atoms with Crippen molar-refractivity contribution in [3.8, 4) is 6.01 Å². The number of rotatable bonds is 3. The lowest BCUT2D eigenvalue weighted by Crippen LogP contribution is -2.01. The number of carbonyl (C=O) groups is 1. The van der Waals surface area contributed by atoms with Gasteiger partial charge in [0, 0.05) is 12.4 Å². The van der Waals surface area contributed by atoms with Gasteiger partial charge in [-0.15, -0.1) is 0 Å². The Bertz CT molecular complexity index is 233. The van der Waals surface area contributed by atoms with Gasteiger partial charge >= 0.3 is 6.01 Å². The molecule has 0 fully saturated rings. The van der Waals surface area contributed by atoms with Gasteiger partial charge in [0.15, 0.2) is 6.29 Å². The molecule has 1 aromatic rings. The first-order valence-corrected chi connectivity index (χ1v) is 3.18. The van der Waals surface area contributed by atoms with Crippen molar-refractivity contribution in [2.75, 3.05) is 6.61 Å². The van der Waals surface area contributed by atoms with E-state index in [1.807, 2.05) is 6.92 Å². The van der Waals surface area contributed by atoms with Crippen LogP contribution in [0.4, 0.5) is 0 Å². The monoisotopic (exact) mass is 152 g/mol. The molecule has 1 rings (SSSR count). The molecule has 1 heterocycles. The van der Waals surface area contributed by atoms with Crippen molar-refractivity contribution in [2.45, 2.75) is 6.92 Å². The lowest BCUT2D eigenvalue weighted by molar-refractivity contribution is -0.109. The average Bonchev–Trinajstić information content (AvgIpc) is 2.04. The van der Waals surface area contributed by atoms with Crippen molar-refractivity contribution >= 4 is 6.29 Å². The number of aryl methyl sites for hydroxylation is 1. The molecule has 58 valence electrons. The van der Waals surface area contributed by atoms with E-state index in [1.165, 1.54) is 0 Å². The second-order valence-corrected chi connectivity index (χ2v) is 2.02. The highest BCUT2D eigenvalue weighted by atomic mass is 16.5. The highest BCUT2D eigenvalue weighted by Crippen LogP contribution is 1.99. The van der Waals surface area contributed by atoms with Crippen molar-refractivity contribution in [2.24, 2.45) is 0 Å². The molecule has 4 heteroatoms. The standard InChI is InChI=1S/C7H8N2O2/c1-6-4-8-7(9-5-6)11-3-2-10/h2,4-5H,3H2,1H3. The van der Waals surface area contributed by atoms with Crippen LogP contribution >= 0.6 is 0 Å². The number of carbonyl (C=O) groups excluding carboxylic acids is 1. The third-order valence-corrected chi connectivity index (χ3v) is 1.04. The molecule has 11 heavy (non-hydrogen) atoms. The highest BCUT2D eigenvalue weighted by molar-refractivity contribution is 5.50. The van der Waals surface area contributed by atoms with E-state index in [1.54, 1.807) is 12.4 Å². The van der Waals surface area contributed by atoms with Gasteiger partial charge in [-0.05, 0) is 12.5 Å². The first-order valence-electron chi connectivity index (χ1n) is 3.18. The van der Waals surface area contributed by atoms with Gasteiger partial charge in [-0.3, -0.25) is 4.79 Å². The van der Waals surface area contributed by atoms with Gasteiger partial charge in [0.1, 0.15) is 6.61 Å². The summed E-state index contributed by atoms with van der Waals surface area (Å²) in [6.45, 7) is 1.88. The van der Waals surface area contributed by atoms with Crippen molar-refractivity contribution in [3.05, 3.63) is 18.0 Å². The maximum Gasteiger partial charge on any atom is 0.316 e. The van der Waals surface area contributed by atoms with Crippen LogP contribution in [0, 0.1) is 6.92 Å². The molecule has 4 nitrogen and oxygen atoms in total. The van der Waals surface area contributed by atoms with Crippen LogP contribution in [0.15, 0.2) is 12.4 Å². The molecule has 0 aliphatic carbocycles. The molecule has 0 bridgehead atoms. The zero-order chi connectivity index (χ0) is 8.10. The number of aldehydes is 1. The highest BCUT2D eigenvalue weighted by Gasteiger charge is 1.93. The molecule has 0 amide bonds. The third kappa shape index (κ3) is 2.33. The second-order valence-electron chi connectivity index (χ2n) is 2.02. The van der Waals surface area contributed by atoms with Gasteiger partial charge in [-0.2, -0.15) is 0 Å². The van der Waals surface area contributed by atoms with Crippen molar-refractivity contribution in [1.29, 1.82) is 0 Å². The normalized spacial score (nSPS) is 9.18. The summed E-state index contributed by atoms with van der Waals surface area (Å²) < 4.78 is 4.82. The Morgan fingerprint density at radius 2 is 2.18 bits per heavy atom. The summed E-state index contributed by atoms with van der Waals surface area (Å²) in [4.78, 5) is 17.5. The minimum absolute atomic E-state index is 0.00304. The van der Waals surface area contributed by atoms with E-state index in [2.05, 4.69) is 9.97 Å². The molecule has 0 aliphatic heterocycles. The summed E-state index contributed by atoms with van der Waals surface area (Å²) in [5.41, 5.74) is 0.962. The smallest absolute Gasteiger partial charge is 0.316 e. The first-order chi connectivity index (χ1) is 5.33. The number of nitrogens with zero attached hydrogens (tertiary/aromatic N) is 2. The van der Waals surface area contributed by atoms with Crippen LogP contribution in [0.1, 0.15) is 5.56 Å². The van der Waals surface area contributed by atoms with Crippen LogP contribution in [0.3, 0.4) is 0 Å². The summed E-state index contributed by atoms with van der Waals surface area (Å²) in [5.74, 6) is 0. The Labute approximate surface area is 64.2 Å². The molecular weight excluding hydrogens is 144 g/mol. The van der Waals surface area contributed by atoms with E-state index >= 15 is 0 Å². The fourth-order valence-corrected chi connectivity index (χ4v) is 0.564. The molecule has 0 spiro atoms. The lowest BCUT2D eigenvalue weighted by atomic mass is 10.4. The fraction of sp³-hybridized carbons (Fsp3) is 0.286. The van der Waals surface area contributed by atoms with Gasteiger partial charge in [0.2, 0.25) is 0 Å². The molecule has 1 aromatic heterocycles. The average molecular weight is 152 g/mol. The summed E-state index contributed by atoms with van der Waals surface area (Å²) >= 11 is 0. The van der Waals surface area contributed by atoms with E-state index in [0.29, 0.717) is 6.29 Å². The Kier molecular flexibility index (Phi) is 2.54. The van der Waals surface area contributed by atoms with Crippen LogP contribution in [0.5, 0.6) is 6.01 Å². The molecule has 0 saturated carbocycles. The van der Waals surface area contributed by atoms with Gasteiger partial charge in [0.25, 0.3) is 0 Å². The Balaban J connectivity index is 2.58. The predicted octanol–water partition coefficient (Wildman–Crippen LogP) is 0.363.